The number of pyridine rings is 2. The van der Waals surface area contributed by atoms with Crippen LogP contribution in [-0.2, 0) is 18.4 Å². The topological polar surface area (TPSA) is 124 Å². The van der Waals surface area contributed by atoms with Crippen molar-refractivity contribution in [1.82, 2.24) is 30.1 Å². The Hall–Kier alpha value is -4.31. The van der Waals surface area contributed by atoms with E-state index in [0.717, 1.165) is 37.7 Å². The Morgan fingerprint density at radius 1 is 0.829 bits per heavy atom. The molecule has 6 rings (SSSR count). The van der Waals surface area contributed by atoms with Gasteiger partial charge in [0.2, 0.25) is 0 Å². The smallest absolute Gasteiger partial charge is 0.146 e. The minimum Gasteiger partial charge on any atom is -0.384 e. The van der Waals surface area contributed by atoms with Gasteiger partial charge in [0.15, 0.2) is 0 Å². The van der Waals surface area contributed by atoms with Crippen LogP contribution >= 0.6 is 22.9 Å². The van der Waals surface area contributed by atoms with Crippen molar-refractivity contribution < 1.29 is 5.11 Å². The zero-order valence-electron chi connectivity index (χ0n) is 22.4. The molecule has 0 atom stereocenters. The molecule has 0 spiro atoms. The van der Waals surface area contributed by atoms with Gasteiger partial charge >= 0.3 is 0 Å². The van der Waals surface area contributed by atoms with Crippen LogP contribution in [0.3, 0.4) is 0 Å². The fourth-order valence-electron chi connectivity index (χ4n) is 4.54. The van der Waals surface area contributed by atoms with E-state index in [0.29, 0.717) is 46.5 Å². The highest BCUT2D eigenvalue weighted by molar-refractivity contribution is 7.11. The number of nitrogens with two attached hydrogens (primary N) is 1. The molecule has 0 saturated heterocycles. The zero-order chi connectivity index (χ0) is 28.6. The van der Waals surface area contributed by atoms with Gasteiger partial charge in [0.05, 0.1) is 33.3 Å². The quantitative estimate of drug-likeness (QED) is 0.227. The van der Waals surface area contributed by atoms with Crippen molar-refractivity contribution in [2.45, 2.75) is 32.3 Å². The standard InChI is InChI=1S/C31H26ClN7OS/c1-31(2,40)24-12-6-11-21(35-24)16-25-38-39-26(41-25)17-23-30(33)37-28(18-8-4-3-5-9-18)29(36-23)20-14-19-10-7-13-34-27(19)22(32)15-20/h3-15,40H,16-17H2,1-2H3,(H2,33,37). The predicted octanol–water partition coefficient (Wildman–Crippen LogP) is 6.25. The number of hydrogen-bond donors (Lipinski definition) is 2. The molecule has 4 heterocycles. The summed E-state index contributed by atoms with van der Waals surface area (Å²) in [7, 11) is 0. The van der Waals surface area contributed by atoms with Gasteiger partial charge in [0.25, 0.3) is 0 Å². The Balaban J connectivity index is 1.36. The molecule has 10 heteroatoms. The number of nitrogen functional groups attached to an aromatic ring is 1. The van der Waals surface area contributed by atoms with E-state index in [1.807, 2.05) is 72.8 Å². The Morgan fingerprint density at radius 2 is 1.59 bits per heavy atom. The fraction of sp³-hybridized carbons (Fsp3) is 0.161. The Labute approximate surface area is 246 Å². The number of aliphatic hydroxyl groups is 1. The molecule has 0 fully saturated rings. The number of benzene rings is 2. The summed E-state index contributed by atoms with van der Waals surface area (Å²) < 4.78 is 0. The first-order valence-corrected chi connectivity index (χ1v) is 14.2. The lowest BCUT2D eigenvalue weighted by molar-refractivity contribution is 0.0736. The van der Waals surface area contributed by atoms with Gasteiger partial charge in [-0.3, -0.25) is 9.97 Å². The van der Waals surface area contributed by atoms with Crippen LogP contribution in [0.4, 0.5) is 5.82 Å². The Bertz CT molecular complexity index is 1870. The van der Waals surface area contributed by atoms with E-state index in [1.54, 1.807) is 20.0 Å². The minimum absolute atomic E-state index is 0.331. The van der Waals surface area contributed by atoms with E-state index in [9.17, 15) is 5.11 Å². The van der Waals surface area contributed by atoms with Gasteiger partial charge in [0, 0.05) is 41.2 Å². The number of aromatic nitrogens is 6. The van der Waals surface area contributed by atoms with Gasteiger partial charge in [-0.25, -0.2) is 9.97 Å². The second kappa shape index (κ2) is 10.9. The lowest BCUT2D eigenvalue weighted by Crippen LogP contribution is -2.18. The molecule has 2 aromatic carbocycles. The molecule has 204 valence electrons. The number of nitrogens with zero attached hydrogens (tertiary/aromatic N) is 6. The summed E-state index contributed by atoms with van der Waals surface area (Å²) in [5, 5.41) is 22.1. The molecule has 0 aliphatic carbocycles. The number of hydrogen-bond acceptors (Lipinski definition) is 9. The fourth-order valence-corrected chi connectivity index (χ4v) is 5.68. The third kappa shape index (κ3) is 5.78. The minimum atomic E-state index is -1.02. The Kier molecular flexibility index (Phi) is 7.17. The summed E-state index contributed by atoms with van der Waals surface area (Å²) in [4.78, 5) is 18.8. The largest absolute Gasteiger partial charge is 0.384 e. The monoisotopic (exact) mass is 579 g/mol. The van der Waals surface area contributed by atoms with E-state index < -0.39 is 5.60 Å². The van der Waals surface area contributed by atoms with Crippen LogP contribution in [0, 0.1) is 0 Å². The molecule has 0 bridgehead atoms. The summed E-state index contributed by atoms with van der Waals surface area (Å²) in [6, 6.07) is 23.2. The summed E-state index contributed by atoms with van der Waals surface area (Å²) in [5.41, 5.74) is 11.3. The van der Waals surface area contributed by atoms with Crippen LogP contribution in [-0.4, -0.2) is 35.2 Å². The van der Waals surface area contributed by atoms with Crippen LogP contribution in [0.2, 0.25) is 5.02 Å². The first-order chi connectivity index (χ1) is 19.7. The average Bonchev–Trinajstić information content (AvgIpc) is 3.40. The van der Waals surface area contributed by atoms with Gasteiger partial charge < -0.3 is 10.8 Å². The highest BCUT2D eigenvalue weighted by Crippen LogP contribution is 2.35. The molecule has 0 radical (unpaired) electrons. The molecule has 4 aromatic heterocycles. The second-order valence-corrected chi connectivity index (χ2v) is 11.7. The Morgan fingerprint density at radius 3 is 2.37 bits per heavy atom. The van der Waals surface area contributed by atoms with Gasteiger partial charge in [-0.15, -0.1) is 21.5 Å². The van der Waals surface area contributed by atoms with Crippen LogP contribution in [0.15, 0.2) is 79.0 Å². The summed E-state index contributed by atoms with van der Waals surface area (Å²) in [6.45, 7) is 3.43. The highest BCUT2D eigenvalue weighted by Gasteiger charge is 2.20. The van der Waals surface area contributed by atoms with Gasteiger partial charge in [0.1, 0.15) is 21.4 Å². The van der Waals surface area contributed by atoms with Gasteiger partial charge in [-0.05, 0) is 44.2 Å². The first kappa shape index (κ1) is 26.9. The van der Waals surface area contributed by atoms with Crippen molar-refractivity contribution in [3.05, 3.63) is 111 Å². The van der Waals surface area contributed by atoms with Gasteiger partial charge in [-0.2, -0.15) is 0 Å². The number of halogens is 1. The molecule has 8 nitrogen and oxygen atoms in total. The van der Waals surface area contributed by atoms with Crippen molar-refractivity contribution in [3.8, 4) is 22.5 Å². The van der Waals surface area contributed by atoms with E-state index in [1.165, 1.54) is 11.3 Å². The molecule has 3 N–H and O–H groups in total. The van der Waals surface area contributed by atoms with Crippen LogP contribution in [0.1, 0.15) is 40.9 Å². The van der Waals surface area contributed by atoms with Crippen LogP contribution in [0.5, 0.6) is 0 Å². The van der Waals surface area contributed by atoms with Crippen molar-refractivity contribution >= 4 is 39.7 Å². The lowest BCUT2D eigenvalue weighted by Gasteiger charge is -2.16. The average molecular weight is 580 g/mol. The summed E-state index contributed by atoms with van der Waals surface area (Å²) >= 11 is 8.12. The highest BCUT2D eigenvalue weighted by atomic mass is 35.5. The van der Waals surface area contributed by atoms with Crippen molar-refractivity contribution in [2.24, 2.45) is 0 Å². The van der Waals surface area contributed by atoms with E-state index in [2.05, 4.69) is 20.2 Å². The lowest BCUT2D eigenvalue weighted by atomic mass is 10.0. The third-order valence-electron chi connectivity index (χ3n) is 6.57. The molecule has 0 unspecified atom stereocenters. The van der Waals surface area contributed by atoms with E-state index in [-0.39, 0.29) is 0 Å². The maximum Gasteiger partial charge on any atom is 0.146 e. The van der Waals surface area contributed by atoms with Crippen molar-refractivity contribution in [2.75, 3.05) is 5.73 Å². The number of rotatable bonds is 7. The van der Waals surface area contributed by atoms with Crippen LogP contribution < -0.4 is 5.73 Å². The zero-order valence-corrected chi connectivity index (χ0v) is 24.0. The van der Waals surface area contributed by atoms with Crippen molar-refractivity contribution in [3.63, 3.8) is 0 Å². The molecule has 0 saturated carbocycles. The molecule has 6 aromatic rings. The summed E-state index contributed by atoms with van der Waals surface area (Å²) in [5.74, 6) is 0.331. The number of anilines is 1. The maximum absolute atomic E-state index is 10.3. The molecule has 0 amide bonds. The van der Waals surface area contributed by atoms with E-state index in [4.69, 9.17) is 27.3 Å². The van der Waals surface area contributed by atoms with E-state index >= 15 is 0 Å². The SMILES string of the molecule is CC(C)(O)c1cccc(Cc2nnc(Cc3nc(-c4cc(Cl)c5ncccc5c4)c(-c4ccccc4)nc3N)s2)n1. The maximum atomic E-state index is 10.3. The second-order valence-electron chi connectivity index (χ2n) is 10.2. The third-order valence-corrected chi connectivity index (χ3v) is 7.78. The van der Waals surface area contributed by atoms with Gasteiger partial charge in [-0.1, -0.05) is 54.1 Å². The molecular weight excluding hydrogens is 554 g/mol. The number of fused-ring (bicyclic) bond motifs is 1. The van der Waals surface area contributed by atoms with Crippen LogP contribution in [0.25, 0.3) is 33.4 Å². The normalized spacial score (nSPS) is 11.7. The predicted molar refractivity (Wildman–Crippen MR) is 163 cm³/mol. The molecular formula is C31H26ClN7OS. The molecule has 0 aliphatic rings. The molecule has 0 aliphatic heterocycles. The molecule has 41 heavy (non-hydrogen) atoms. The first-order valence-electron chi connectivity index (χ1n) is 13.0. The summed E-state index contributed by atoms with van der Waals surface area (Å²) in [6.07, 6.45) is 2.60. The van der Waals surface area contributed by atoms with Crippen molar-refractivity contribution in [1.29, 1.82) is 0 Å².